The van der Waals surface area contributed by atoms with Crippen LogP contribution in [-0.4, -0.2) is 6.15 Å². The third-order valence-corrected chi connectivity index (χ3v) is 12.0. The van der Waals surface area contributed by atoms with Crippen LogP contribution in [0.25, 0.3) is 21.5 Å². The first kappa shape index (κ1) is 58.1. The molecule has 0 unspecified atom stereocenters. The highest BCUT2D eigenvalue weighted by Gasteiger charge is 2.47. The molecule has 27 heteroatoms. The molecule has 0 fully saturated rings. The Morgan fingerprint density at radius 1 is 0.269 bits per heavy atom. The van der Waals surface area contributed by atoms with Crippen LogP contribution in [0.4, 0.5) is 105 Å². The zero-order valence-corrected chi connectivity index (χ0v) is 38.0. The summed E-state index contributed by atoms with van der Waals surface area (Å²) in [6.07, 6.45) is -51.0. The second kappa shape index (κ2) is 20.0. The molecule has 0 radical (unpaired) electrons. The molecule has 1 aromatic heterocycles. The summed E-state index contributed by atoms with van der Waals surface area (Å²) in [4.78, 5) is 6.12. The maximum atomic E-state index is 14.2. The van der Waals surface area contributed by atoms with Gasteiger partial charge in [0.05, 0.1) is 44.5 Å². The molecular weight excluding hydrogens is 1110 g/mol. The number of fused-ring (bicyclic) bond motifs is 2. The number of hydrogen-bond acceptors (Lipinski definition) is 1. The van der Waals surface area contributed by atoms with Crippen LogP contribution in [0.5, 0.6) is 5.75 Å². The zero-order valence-electron chi connectivity index (χ0n) is 38.0. The van der Waals surface area contributed by atoms with E-state index in [2.05, 4.69) is 42.5 Å². The number of benzene rings is 7. The molecule has 78 heavy (non-hydrogen) atoms. The highest BCUT2D eigenvalue weighted by atomic mass is 19.4. The van der Waals surface area contributed by atoms with Crippen molar-refractivity contribution in [2.24, 2.45) is 0 Å². The van der Waals surface area contributed by atoms with Crippen LogP contribution in [0, 0.1) is 0 Å². The summed E-state index contributed by atoms with van der Waals surface area (Å²) >= 11 is 0. The first-order valence-electron chi connectivity index (χ1n) is 21.6. The number of nitrogens with zero attached hydrogens (tertiary/aromatic N) is 1. The Morgan fingerprint density at radius 2 is 0.500 bits per heavy atom. The van der Waals surface area contributed by atoms with E-state index >= 15 is 0 Å². The average molecular weight is 1140 g/mol. The van der Waals surface area contributed by atoms with Gasteiger partial charge in [-0.1, -0.05) is 103 Å². The van der Waals surface area contributed by atoms with Crippen LogP contribution in [0.3, 0.4) is 0 Å². The quantitative estimate of drug-likeness (QED) is 0.0700. The maximum absolute atomic E-state index is 14.2. The van der Waals surface area contributed by atoms with Crippen molar-refractivity contribution < 1.29 is 115 Å². The molecular formula is C51H26BF24NO. The molecule has 0 N–H and O–H groups in total. The molecule has 0 saturated heterocycles. The highest BCUT2D eigenvalue weighted by Crippen LogP contribution is 2.42. The van der Waals surface area contributed by atoms with E-state index in [4.69, 9.17) is 4.84 Å². The van der Waals surface area contributed by atoms with Gasteiger partial charge in [0.1, 0.15) is 6.15 Å². The van der Waals surface area contributed by atoms with Crippen molar-refractivity contribution in [1.82, 2.24) is 0 Å². The van der Waals surface area contributed by atoms with Crippen molar-refractivity contribution in [3.05, 3.63) is 202 Å². The second-order valence-corrected chi connectivity index (χ2v) is 17.2. The minimum atomic E-state index is -6.13. The maximum Gasteiger partial charge on any atom is 0.416 e. The molecule has 8 rings (SSSR count). The smallest absolute Gasteiger partial charge is 0.230 e. The summed E-state index contributed by atoms with van der Waals surface area (Å²) in [5.74, 6) is 0.889. The van der Waals surface area contributed by atoms with Gasteiger partial charge < -0.3 is 0 Å². The first-order chi connectivity index (χ1) is 35.7. The van der Waals surface area contributed by atoms with Gasteiger partial charge in [-0.05, 0) is 41.1 Å². The molecule has 0 bridgehead atoms. The predicted octanol–water partition coefficient (Wildman–Crippen LogP) is 15.3. The van der Waals surface area contributed by atoms with Crippen molar-refractivity contribution in [2.45, 2.75) is 49.4 Å². The fourth-order valence-electron chi connectivity index (χ4n) is 8.69. The largest absolute Gasteiger partial charge is 0.416 e. The molecule has 0 aliphatic rings. The summed E-state index contributed by atoms with van der Waals surface area (Å²) in [6, 6.07) is 15.9. The number of aromatic nitrogens is 1. The number of rotatable bonds is 6. The van der Waals surface area contributed by atoms with Crippen molar-refractivity contribution in [3.8, 4) is 5.75 Å². The van der Waals surface area contributed by atoms with Gasteiger partial charge in [-0.3, -0.25) is 0 Å². The lowest BCUT2D eigenvalue weighted by Gasteiger charge is -2.46. The van der Waals surface area contributed by atoms with Gasteiger partial charge in [-0.2, -0.15) is 127 Å². The second-order valence-electron chi connectivity index (χ2n) is 17.2. The Balaban J connectivity index is 0.000000344. The van der Waals surface area contributed by atoms with Crippen molar-refractivity contribution >= 4 is 49.5 Å². The molecule has 8 aromatic rings. The molecule has 0 spiro atoms. The number of hydrogen-bond donors (Lipinski definition) is 0. The van der Waals surface area contributed by atoms with E-state index < -0.39 is 195 Å². The van der Waals surface area contributed by atoms with Crippen LogP contribution in [0.15, 0.2) is 158 Å². The van der Waals surface area contributed by atoms with Gasteiger partial charge in [0.15, 0.2) is 0 Å². The summed E-state index contributed by atoms with van der Waals surface area (Å²) in [6.45, 7) is 0. The van der Waals surface area contributed by atoms with E-state index in [0.29, 0.717) is 0 Å². The van der Waals surface area contributed by atoms with Gasteiger partial charge in [0.25, 0.3) is 0 Å². The van der Waals surface area contributed by atoms with Gasteiger partial charge in [-0.25, -0.2) is 4.84 Å². The third kappa shape index (κ3) is 12.4. The third-order valence-electron chi connectivity index (χ3n) is 12.0. The fraction of sp³-hybridized carbons (Fsp3) is 0.157. The summed E-state index contributed by atoms with van der Waals surface area (Å²) in [5, 5.41) is 4.60. The molecule has 0 atom stereocenters. The van der Waals surface area contributed by atoms with E-state index in [-0.39, 0.29) is 0 Å². The number of halogens is 24. The Kier molecular flexibility index (Phi) is 14.9. The zero-order chi connectivity index (χ0) is 58.0. The first-order valence-corrected chi connectivity index (χ1v) is 21.6. The van der Waals surface area contributed by atoms with Gasteiger partial charge >= 0.3 is 49.4 Å². The van der Waals surface area contributed by atoms with E-state index in [1.54, 1.807) is 4.73 Å². The van der Waals surface area contributed by atoms with Crippen molar-refractivity contribution in [1.29, 1.82) is 0 Å². The van der Waals surface area contributed by atoms with Crippen LogP contribution < -0.4 is 31.4 Å². The van der Waals surface area contributed by atoms with Crippen molar-refractivity contribution in [3.63, 3.8) is 0 Å². The molecule has 0 amide bonds. The predicted molar refractivity (Wildman–Crippen MR) is 234 cm³/mol. The lowest BCUT2D eigenvalue weighted by atomic mass is 9.12. The fourth-order valence-corrected chi connectivity index (χ4v) is 8.69. The standard InChI is InChI=1S/C32H12BF24.C19H14NO/c34-25(35,36)13-1-14(26(37,38)39)6-21(5-13)33(22-7-15(27(40,41)42)2-16(8-22)28(43,44)45,23-9-17(29(46,47)48)3-18(10-23)30(49,50)51)24-11-19(31(52,53)54)4-20(12-24)32(55,56)57;1-6-12-20(13-7-1)21-19-17-10-4-2-8-15(17)14-16-9-3-5-11-18(16)19/h1-12H;1-14H/q-1;+1. The van der Waals surface area contributed by atoms with E-state index in [1.165, 1.54) is 10.8 Å². The number of pyridine rings is 1. The minimum absolute atomic E-state index is 0.691. The molecule has 412 valence electrons. The molecule has 1 heterocycles. The van der Waals surface area contributed by atoms with E-state index in [9.17, 15) is 105 Å². The van der Waals surface area contributed by atoms with Crippen LogP contribution >= 0.6 is 0 Å². The van der Waals surface area contributed by atoms with Crippen LogP contribution in [0.1, 0.15) is 44.5 Å². The Bertz CT molecular complexity index is 3000. The van der Waals surface area contributed by atoms with Crippen molar-refractivity contribution in [2.75, 3.05) is 0 Å². The Labute approximate surface area is 421 Å². The SMILES string of the molecule is FC(F)(F)c1cc([B-](c2cc(C(F)(F)F)cc(C(F)(F)F)c2)(c2cc(C(F)(F)F)cc(C(F)(F)F)c2)c2cc(C(F)(F)F)cc(C(F)(F)F)c2)cc(C(F)(F)F)c1.c1cc[n+](Oc2c3ccccc3cc3ccccc23)cc1. The topological polar surface area (TPSA) is 13.1 Å². The van der Waals surface area contributed by atoms with Gasteiger partial charge in [0, 0.05) is 27.6 Å². The summed E-state index contributed by atoms with van der Waals surface area (Å²) in [5.41, 5.74) is -30.2. The lowest BCUT2D eigenvalue weighted by Crippen LogP contribution is -2.75. The van der Waals surface area contributed by atoms with Gasteiger partial charge in [-0.15, -0.1) is 0 Å². The molecule has 7 aromatic carbocycles. The Hall–Kier alpha value is -7.61. The highest BCUT2D eigenvalue weighted by molar-refractivity contribution is 7.20. The number of alkyl halides is 24. The molecule has 2 nitrogen and oxygen atoms in total. The molecule has 0 aliphatic heterocycles. The summed E-state index contributed by atoms with van der Waals surface area (Å²) < 4.78 is 343. The summed E-state index contributed by atoms with van der Waals surface area (Å²) in [7, 11) is 0. The Morgan fingerprint density at radius 3 is 0.731 bits per heavy atom. The normalized spacial score (nSPS) is 13.4. The monoisotopic (exact) mass is 1140 g/mol. The average Bonchev–Trinajstić information content (AvgIpc) is 3.44. The van der Waals surface area contributed by atoms with Gasteiger partial charge in [0.2, 0.25) is 18.1 Å². The lowest BCUT2D eigenvalue weighted by molar-refractivity contribution is -0.874. The van der Waals surface area contributed by atoms with Crippen LogP contribution in [-0.2, 0) is 49.4 Å². The van der Waals surface area contributed by atoms with Crippen LogP contribution in [0.2, 0.25) is 0 Å². The molecule has 0 aliphatic carbocycles. The van der Waals surface area contributed by atoms with E-state index in [0.717, 1.165) is 16.5 Å². The molecule has 0 saturated carbocycles. The van der Waals surface area contributed by atoms with E-state index in [1.807, 2.05) is 42.7 Å². The minimum Gasteiger partial charge on any atom is -0.230 e.